The average molecular weight is 440 g/mol. The van der Waals surface area contributed by atoms with Gasteiger partial charge in [0, 0.05) is 31.7 Å². The summed E-state index contributed by atoms with van der Waals surface area (Å²) in [5, 5.41) is 3.61. The van der Waals surface area contributed by atoms with Gasteiger partial charge in [0.05, 0.1) is 5.41 Å². The highest BCUT2D eigenvalue weighted by Crippen LogP contribution is 2.58. The van der Waals surface area contributed by atoms with Crippen molar-refractivity contribution >= 4 is 23.8 Å². The maximum Gasteiger partial charge on any atom is 0.303 e. The van der Waals surface area contributed by atoms with Crippen molar-refractivity contribution in [3.8, 4) is 0 Å². The van der Waals surface area contributed by atoms with Gasteiger partial charge in [-0.3, -0.25) is 14.4 Å². The van der Waals surface area contributed by atoms with Gasteiger partial charge in [-0.2, -0.15) is 0 Å². The molecule has 0 radical (unpaired) electrons. The van der Waals surface area contributed by atoms with Gasteiger partial charge in [0.15, 0.2) is 5.78 Å². The lowest BCUT2D eigenvalue weighted by atomic mass is 9.59. The smallest absolute Gasteiger partial charge is 0.303 e. The Morgan fingerprint density at radius 3 is 2.56 bits per heavy atom. The first-order valence-electron chi connectivity index (χ1n) is 10.9. The molecular formula is C24H29N3O5. The third-order valence-electron chi connectivity index (χ3n) is 6.53. The monoisotopic (exact) mass is 439 g/mol. The van der Waals surface area contributed by atoms with E-state index in [1.54, 1.807) is 0 Å². The van der Waals surface area contributed by atoms with E-state index in [0.717, 1.165) is 5.56 Å². The van der Waals surface area contributed by atoms with Crippen molar-refractivity contribution in [2.45, 2.75) is 64.6 Å². The summed E-state index contributed by atoms with van der Waals surface area (Å²) in [5.41, 5.74) is 8.46. The number of carbonyl (C=O) groups excluding carboxylic acids is 3. The van der Waals surface area contributed by atoms with E-state index in [1.807, 2.05) is 43.3 Å². The fraction of sp³-hybridized carbons (Fsp3) is 0.542. The highest BCUT2D eigenvalue weighted by Gasteiger charge is 2.63. The molecule has 0 heterocycles. The quantitative estimate of drug-likeness (QED) is 0.151. The van der Waals surface area contributed by atoms with Crippen LogP contribution in [0.3, 0.4) is 0 Å². The summed E-state index contributed by atoms with van der Waals surface area (Å²) in [4.78, 5) is 40.5. The molecule has 8 nitrogen and oxygen atoms in total. The van der Waals surface area contributed by atoms with Crippen molar-refractivity contribution in [3.63, 3.8) is 0 Å². The number of azide groups is 1. The summed E-state index contributed by atoms with van der Waals surface area (Å²) in [6, 6.07) is 9.60. The molecule has 0 unspecified atom stereocenters. The number of hydrogen-bond acceptors (Lipinski definition) is 6. The molecule has 1 aromatic rings. The maximum atomic E-state index is 13.9. The molecular weight excluding hydrogens is 410 g/mol. The molecule has 4 atom stereocenters. The second-order valence-electron chi connectivity index (χ2n) is 8.96. The van der Waals surface area contributed by atoms with Crippen molar-refractivity contribution < 1.29 is 23.9 Å². The van der Waals surface area contributed by atoms with E-state index in [4.69, 9.17) is 15.0 Å². The van der Waals surface area contributed by atoms with Crippen LogP contribution in [0.5, 0.6) is 0 Å². The van der Waals surface area contributed by atoms with Crippen LogP contribution in [-0.2, 0) is 23.9 Å². The summed E-state index contributed by atoms with van der Waals surface area (Å²) in [5.74, 6) is -1.10. The van der Waals surface area contributed by atoms with Gasteiger partial charge in [-0.25, -0.2) is 0 Å². The number of carbonyl (C=O) groups is 3. The van der Waals surface area contributed by atoms with Crippen molar-refractivity contribution in [1.82, 2.24) is 0 Å². The van der Waals surface area contributed by atoms with Gasteiger partial charge in [0.2, 0.25) is 0 Å². The zero-order valence-corrected chi connectivity index (χ0v) is 18.7. The molecule has 1 aromatic carbocycles. The van der Waals surface area contributed by atoms with Crippen LogP contribution in [0.4, 0.5) is 0 Å². The average Bonchev–Trinajstić information content (AvgIpc) is 2.96. The molecule has 0 amide bonds. The molecule has 0 N–H and O–H groups in total. The normalized spacial score (nSPS) is 30.3. The summed E-state index contributed by atoms with van der Waals surface area (Å²) < 4.78 is 11.4. The second-order valence-corrected chi connectivity index (χ2v) is 8.96. The molecule has 2 fully saturated rings. The Morgan fingerprint density at radius 2 is 1.94 bits per heavy atom. The summed E-state index contributed by atoms with van der Waals surface area (Å²) in [7, 11) is 0. The van der Waals surface area contributed by atoms with Gasteiger partial charge in [0.1, 0.15) is 11.7 Å². The van der Waals surface area contributed by atoms with Crippen LogP contribution in [0, 0.1) is 11.3 Å². The van der Waals surface area contributed by atoms with E-state index >= 15 is 0 Å². The summed E-state index contributed by atoms with van der Waals surface area (Å²) in [6.07, 6.45) is 3.32. The van der Waals surface area contributed by atoms with Crippen molar-refractivity contribution in [3.05, 3.63) is 51.9 Å². The Labute approximate surface area is 187 Å². The molecule has 3 rings (SSSR count). The number of benzene rings is 1. The molecule has 0 aromatic heterocycles. The van der Waals surface area contributed by atoms with Gasteiger partial charge in [-0.05, 0) is 61.3 Å². The van der Waals surface area contributed by atoms with Crippen LogP contribution in [0.1, 0.15) is 58.4 Å². The van der Waals surface area contributed by atoms with Gasteiger partial charge in [0.25, 0.3) is 0 Å². The fourth-order valence-corrected chi connectivity index (χ4v) is 5.48. The number of Topliss-reactive ketones (excluding diaryl/α,β-unsaturated/α-hetero) is 1. The number of ether oxygens (including phenoxy) is 2. The molecule has 32 heavy (non-hydrogen) atoms. The lowest BCUT2D eigenvalue weighted by Crippen LogP contribution is -2.56. The van der Waals surface area contributed by atoms with Crippen LogP contribution < -0.4 is 0 Å². The largest absolute Gasteiger partial charge is 0.461 e. The number of rotatable bonds is 7. The third-order valence-corrected chi connectivity index (χ3v) is 6.53. The molecule has 0 saturated heterocycles. The number of allylic oxidation sites excluding steroid dienone is 1. The Bertz CT molecular complexity index is 969. The van der Waals surface area contributed by atoms with Crippen molar-refractivity contribution in [1.29, 1.82) is 0 Å². The minimum atomic E-state index is -0.934. The highest BCUT2D eigenvalue weighted by atomic mass is 16.6. The Hall–Kier alpha value is -3.12. The lowest BCUT2D eigenvalue weighted by molar-refractivity contribution is -0.190. The van der Waals surface area contributed by atoms with Crippen LogP contribution in [0.2, 0.25) is 0 Å². The van der Waals surface area contributed by atoms with E-state index in [2.05, 4.69) is 10.0 Å². The Balaban J connectivity index is 2.05. The number of ketones is 1. The van der Waals surface area contributed by atoms with Crippen LogP contribution in [-0.4, -0.2) is 36.0 Å². The lowest BCUT2D eigenvalue weighted by Gasteiger charge is -2.50. The molecule has 170 valence electrons. The Morgan fingerprint density at radius 1 is 1.22 bits per heavy atom. The van der Waals surface area contributed by atoms with Crippen LogP contribution in [0.25, 0.3) is 16.5 Å². The predicted octanol–water partition coefficient (Wildman–Crippen LogP) is 4.78. The topological polar surface area (TPSA) is 118 Å². The summed E-state index contributed by atoms with van der Waals surface area (Å²) >= 11 is 0. The SMILES string of the molecule is CC(=O)O[C@H]1C[C@@](C)(OC(C)=O)C[C@H]2C/C(=C\c3ccccc3)C(=O)[C@]21CCCN=[N+]=[N-]. The number of fused-ring (bicyclic) bond motifs is 1. The van der Waals surface area contributed by atoms with E-state index in [1.165, 1.54) is 13.8 Å². The van der Waals surface area contributed by atoms with Crippen LogP contribution in [0.15, 0.2) is 41.0 Å². The van der Waals surface area contributed by atoms with Gasteiger partial charge in [-0.15, -0.1) is 0 Å². The number of esters is 2. The fourth-order valence-electron chi connectivity index (χ4n) is 5.48. The standard InChI is InChI=1S/C24H29N3O5/c1-16(28)31-21-15-23(3,32-17(2)29)14-20-13-19(12-18-8-5-4-6-9-18)22(30)24(20,21)10-7-11-26-27-25/h4-6,8-9,12,20-21H,7,10-11,13-15H2,1-3H3/b19-12+/t20-,21+,23+,24-/m1/s1. The molecule has 0 bridgehead atoms. The van der Waals surface area contributed by atoms with Crippen molar-refractivity contribution in [2.75, 3.05) is 6.54 Å². The van der Waals surface area contributed by atoms with E-state index in [0.29, 0.717) is 31.3 Å². The Kier molecular flexibility index (Phi) is 7.04. The molecule has 2 aliphatic carbocycles. The van der Waals surface area contributed by atoms with E-state index < -0.39 is 29.1 Å². The number of hydrogen-bond donors (Lipinski definition) is 0. The zero-order valence-electron chi connectivity index (χ0n) is 18.7. The molecule has 2 aliphatic rings. The van der Waals surface area contributed by atoms with Gasteiger partial charge >= 0.3 is 11.9 Å². The molecule has 0 spiro atoms. The maximum absolute atomic E-state index is 13.9. The van der Waals surface area contributed by atoms with Crippen molar-refractivity contribution in [2.24, 2.45) is 16.4 Å². The second kappa shape index (κ2) is 9.57. The minimum Gasteiger partial charge on any atom is -0.461 e. The first-order valence-corrected chi connectivity index (χ1v) is 10.9. The van der Waals surface area contributed by atoms with Crippen LogP contribution >= 0.6 is 0 Å². The molecule has 8 heteroatoms. The zero-order chi connectivity index (χ0) is 23.4. The first kappa shape index (κ1) is 23.5. The van der Waals surface area contributed by atoms with Gasteiger partial charge < -0.3 is 9.47 Å². The number of nitrogens with zero attached hydrogens (tertiary/aromatic N) is 3. The third kappa shape index (κ3) is 4.86. The van der Waals surface area contributed by atoms with Gasteiger partial charge in [-0.1, -0.05) is 35.4 Å². The first-order chi connectivity index (χ1) is 15.2. The molecule has 0 aliphatic heterocycles. The van der Waals surface area contributed by atoms with E-state index in [9.17, 15) is 14.4 Å². The molecule has 2 saturated carbocycles. The predicted molar refractivity (Wildman–Crippen MR) is 118 cm³/mol. The van der Waals surface area contributed by atoms with E-state index in [-0.39, 0.29) is 24.7 Å². The minimum absolute atomic E-state index is 0.0385. The summed E-state index contributed by atoms with van der Waals surface area (Å²) in [6.45, 7) is 4.76. The highest BCUT2D eigenvalue weighted by molar-refractivity contribution is 6.06.